The van der Waals surface area contributed by atoms with Crippen molar-refractivity contribution >= 4 is 11.8 Å². The molecule has 3 rings (SSSR count). The van der Waals surface area contributed by atoms with Gasteiger partial charge in [0, 0.05) is 39.3 Å². The van der Waals surface area contributed by atoms with E-state index in [0.29, 0.717) is 5.92 Å². The molecule has 2 fully saturated rings. The van der Waals surface area contributed by atoms with Gasteiger partial charge in [0.15, 0.2) is 0 Å². The first-order valence-corrected chi connectivity index (χ1v) is 9.40. The van der Waals surface area contributed by atoms with Gasteiger partial charge in [-0.3, -0.25) is 9.59 Å². The maximum atomic E-state index is 12.4. The molecule has 0 aliphatic carbocycles. The van der Waals surface area contributed by atoms with E-state index < -0.39 is 0 Å². The van der Waals surface area contributed by atoms with E-state index in [1.165, 1.54) is 5.56 Å². The average Bonchev–Trinajstić information content (AvgIpc) is 2.63. The highest BCUT2D eigenvalue weighted by molar-refractivity contribution is 5.97. The molecule has 0 spiro atoms. The van der Waals surface area contributed by atoms with Crippen LogP contribution >= 0.6 is 0 Å². The third kappa shape index (κ3) is 5.05. The van der Waals surface area contributed by atoms with Crippen LogP contribution in [0.3, 0.4) is 0 Å². The Balaban J connectivity index is 1.41. The molecule has 136 valence electrons. The zero-order valence-electron chi connectivity index (χ0n) is 15.2. The molecule has 2 aliphatic rings. The maximum Gasteiger partial charge on any atom is 0.232 e. The second kappa shape index (κ2) is 8.48. The highest BCUT2D eigenvalue weighted by atomic mass is 16.2. The van der Waals surface area contributed by atoms with Gasteiger partial charge in [0.2, 0.25) is 11.8 Å². The van der Waals surface area contributed by atoms with Crippen LogP contribution in [0.1, 0.15) is 24.8 Å². The van der Waals surface area contributed by atoms with Crippen molar-refractivity contribution in [2.24, 2.45) is 5.92 Å². The Labute approximate surface area is 150 Å². The highest BCUT2D eigenvalue weighted by Crippen LogP contribution is 2.22. The number of amides is 2. The number of piperazine rings is 1. The number of carbonyl (C=O) groups excluding carboxylic acids is 2. The standard InChI is InChI=1S/C20H29N3O2/c1-21-11-13-23(14-12-21)20(25)16-19(24)22-9-7-18(8-10-22)15-17-5-3-2-4-6-17/h2-6,18H,7-16H2,1H3. The molecule has 2 amide bonds. The minimum absolute atomic E-state index is 0.00193. The van der Waals surface area contributed by atoms with E-state index in [-0.39, 0.29) is 18.2 Å². The number of carbonyl (C=O) groups is 2. The molecule has 2 heterocycles. The summed E-state index contributed by atoms with van der Waals surface area (Å²) in [5, 5.41) is 0. The van der Waals surface area contributed by atoms with Crippen LogP contribution in [0.2, 0.25) is 0 Å². The SMILES string of the molecule is CN1CCN(C(=O)CC(=O)N2CCC(Cc3ccccc3)CC2)CC1. The smallest absolute Gasteiger partial charge is 0.232 e. The van der Waals surface area contributed by atoms with Crippen molar-refractivity contribution in [1.82, 2.24) is 14.7 Å². The summed E-state index contributed by atoms with van der Waals surface area (Å²) in [4.78, 5) is 30.7. The molecule has 2 aliphatic heterocycles. The van der Waals surface area contributed by atoms with E-state index in [0.717, 1.165) is 58.5 Å². The summed E-state index contributed by atoms with van der Waals surface area (Å²) in [5.74, 6) is 0.631. The third-order valence-corrected chi connectivity index (χ3v) is 5.49. The Morgan fingerprint density at radius 2 is 1.44 bits per heavy atom. The molecule has 0 bridgehead atoms. The minimum atomic E-state index is -0.00971. The van der Waals surface area contributed by atoms with E-state index in [1.54, 1.807) is 0 Å². The number of hydrogen-bond donors (Lipinski definition) is 0. The topological polar surface area (TPSA) is 43.9 Å². The minimum Gasteiger partial charge on any atom is -0.342 e. The quantitative estimate of drug-likeness (QED) is 0.781. The van der Waals surface area contributed by atoms with Gasteiger partial charge in [0.25, 0.3) is 0 Å². The third-order valence-electron chi connectivity index (χ3n) is 5.49. The molecule has 0 atom stereocenters. The molecule has 1 aromatic rings. The number of hydrogen-bond acceptors (Lipinski definition) is 3. The van der Waals surface area contributed by atoms with Gasteiger partial charge in [-0.15, -0.1) is 0 Å². The molecule has 5 nitrogen and oxygen atoms in total. The van der Waals surface area contributed by atoms with E-state index in [2.05, 4.69) is 36.2 Å². The summed E-state index contributed by atoms with van der Waals surface area (Å²) >= 11 is 0. The van der Waals surface area contributed by atoms with Gasteiger partial charge >= 0.3 is 0 Å². The normalized spacial score (nSPS) is 19.9. The Kier molecular flexibility index (Phi) is 6.08. The van der Waals surface area contributed by atoms with Crippen LogP contribution in [-0.2, 0) is 16.0 Å². The first kappa shape index (κ1) is 17.9. The fourth-order valence-corrected chi connectivity index (χ4v) is 3.74. The molecular weight excluding hydrogens is 314 g/mol. The predicted octanol–water partition coefficient (Wildman–Crippen LogP) is 1.63. The van der Waals surface area contributed by atoms with Gasteiger partial charge in [-0.1, -0.05) is 30.3 Å². The van der Waals surface area contributed by atoms with Crippen LogP contribution in [0.5, 0.6) is 0 Å². The fraction of sp³-hybridized carbons (Fsp3) is 0.600. The van der Waals surface area contributed by atoms with E-state index in [9.17, 15) is 9.59 Å². The largest absolute Gasteiger partial charge is 0.342 e. The number of rotatable bonds is 4. The molecule has 0 N–H and O–H groups in total. The predicted molar refractivity (Wildman–Crippen MR) is 98.1 cm³/mol. The van der Waals surface area contributed by atoms with Gasteiger partial charge in [0.05, 0.1) is 0 Å². The molecule has 0 unspecified atom stereocenters. The van der Waals surface area contributed by atoms with Crippen LogP contribution in [0.15, 0.2) is 30.3 Å². The lowest BCUT2D eigenvalue weighted by Gasteiger charge is -2.34. The lowest BCUT2D eigenvalue weighted by Crippen LogP contribution is -2.48. The zero-order valence-corrected chi connectivity index (χ0v) is 15.2. The number of likely N-dealkylation sites (tertiary alicyclic amines) is 1. The molecule has 0 aromatic heterocycles. The summed E-state index contributed by atoms with van der Waals surface area (Å²) in [7, 11) is 2.06. The van der Waals surface area contributed by atoms with Crippen molar-refractivity contribution in [3.05, 3.63) is 35.9 Å². The zero-order chi connectivity index (χ0) is 17.6. The van der Waals surface area contributed by atoms with E-state index in [1.807, 2.05) is 15.9 Å². The molecule has 1 aromatic carbocycles. The highest BCUT2D eigenvalue weighted by Gasteiger charge is 2.27. The first-order chi connectivity index (χ1) is 12.1. The number of likely N-dealkylation sites (N-methyl/N-ethyl adjacent to an activating group) is 1. The van der Waals surface area contributed by atoms with Crippen molar-refractivity contribution < 1.29 is 9.59 Å². The van der Waals surface area contributed by atoms with Gasteiger partial charge < -0.3 is 14.7 Å². The number of piperidine rings is 1. The maximum absolute atomic E-state index is 12.4. The summed E-state index contributed by atoms with van der Waals surface area (Å²) < 4.78 is 0. The Morgan fingerprint density at radius 1 is 0.880 bits per heavy atom. The monoisotopic (exact) mass is 343 g/mol. The number of nitrogens with zero attached hydrogens (tertiary/aromatic N) is 3. The lowest BCUT2D eigenvalue weighted by atomic mass is 9.90. The summed E-state index contributed by atoms with van der Waals surface area (Å²) in [5.41, 5.74) is 1.37. The Morgan fingerprint density at radius 3 is 2.04 bits per heavy atom. The van der Waals surface area contributed by atoms with Crippen LogP contribution in [0.4, 0.5) is 0 Å². The molecule has 25 heavy (non-hydrogen) atoms. The Hall–Kier alpha value is -1.88. The number of benzene rings is 1. The first-order valence-electron chi connectivity index (χ1n) is 9.40. The molecule has 2 saturated heterocycles. The summed E-state index contributed by atoms with van der Waals surface area (Å²) in [6.45, 7) is 4.83. The van der Waals surface area contributed by atoms with Crippen LogP contribution in [0.25, 0.3) is 0 Å². The van der Waals surface area contributed by atoms with Crippen LogP contribution < -0.4 is 0 Å². The van der Waals surface area contributed by atoms with Crippen molar-refractivity contribution in [2.45, 2.75) is 25.7 Å². The summed E-state index contributed by atoms with van der Waals surface area (Å²) in [6, 6.07) is 10.6. The molecule has 5 heteroatoms. The van der Waals surface area contributed by atoms with Crippen molar-refractivity contribution in [1.29, 1.82) is 0 Å². The van der Waals surface area contributed by atoms with Crippen LogP contribution in [-0.4, -0.2) is 72.8 Å². The van der Waals surface area contributed by atoms with E-state index in [4.69, 9.17) is 0 Å². The molecule has 0 saturated carbocycles. The van der Waals surface area contributed by atoms with Crippen molar-refractivity contribution in [3.8, 4) is 0 Å². The fourth-order valence-electron chi connectivity index (χ4n) is 3.74. The van der Waals surface area contributed by atoms with E-state index >= 15 is 0 Å². The lowest BCUT2D eigenvalue weighted by molar-refractivity contribution is -0.142. The van der Waals surface area contributed by atoms with Gasteiger partial charge in [0.1, 0.15) is 6.42 Å². The Bertz CT molecular complexity index is 574. The van der Waals surface area contributed by atoms with Gasteiger partial charge in [-0.2, -0.15) is 0 Å². The van der Waals surface area contributed by atoms with Crippen molar-refractivity contribution in [2.75, 3.05) is 46.3 Å². The average molecular weight is 343 g/mol. The van der Waals surface area contributed by atoms with Gasteiger partial charge in [-0.05, 0) is 37.8 Å². The second-order valence-electron chi connectivity index (χ2n) is 7.37. The summed E-state index contributed by atoms with van der Waals surface area (Å²) in [6.07, 6.45) is 3.18. The van der Waals surface area contributed by atoms with Crippen LogP contribution in [0, 0.1) is 5.92 Å². The van der Waals surface area contributed by atoms with Crippen molar-refractivity contribution in [3.63, 3.8) is 0 Å². The van der Waals surface area contributed by atoms with Gasteiger partial charge in [-0.25, -0.2) is 0 Å². The second-order valence-corrected chi connectivity index (χ2v) is 7.37. The molecule has 0 radical (unpaired) electrons. The molecular formula is C20H29N3O2.